The first-order valence-corrected chi connectivity index (χ1v) is 5.15. The fraction of sp³-hybridized carbons (Fsp3) is 0.125. The van der Waals surface area contributed by atoms with E-state index in [1.165, 1.54) is 0 Å². The summed E-state index contributed by atoms with van der Waals surface area (Å²) in [5, 5.41) is -1.24. The van der Waals surface area contributed by atoms with Crippen LogP contribution in [0.25, 0.3) is 11.0 Å². The molecule has 9 heteroatoms. The molecule has 2 aromatic rings. The Morgan fingerprint density at radius 2 is 1.59 bits per heavy atom. The molecule has 0 atom stereocenters. The van der Waals surface area contributed by atoms with Crippen LogP contribution in [-0.2, 0) is 6.18 Å². The van der Waals surface area contributed by atoms with E-state index in [0.717, 1.165) is 0 Å². The average molecular weight is 307 g/mol. The van der Waals surface area contributed by atoms with Gasteiger partial charge in [0.25, 0.3) is 0 Å². The number of alkyl halides is 3. The second kappa shape index (κ2) is 3.90. The monoisotopic (exact) mass is 306 g/mol. The van der Waals surface area contributed by atoms with Gasteiger partial charge in [-0.1, -0.05) is 34.8 Å². The molecule has 17 heavy (non-hydrogen) atoms. The zero-order valence-corrected chi connectivity index (χ0v) is 9.86. The summed E-state index contributed by atoms with van der Waals surface area (Å²) in [6, 6.07) is 0. The molecule has 0 saturated carbocycles. The van der Waals surface area contributed by atoms with E-state index in [1.807, 2.05) is 4.98 Å². The fourth-order valence-electron chi connectivity index (χ4n) is 1.23. The Morgan fingerprint density at radius 1 is 1.00 bits per heavy atom. The maximum Gasteiger partial charge on any atom is 0.449 e. The van der Waals surface area contributed by atoms with E-state index >= 15 is 0 Å². The molecule has 0 amide bonds. The number of nitrogens with zero attached hydrogens (tertiary/aromatic N) is 1. The van der Waals surface area contributed by atoms with Crippen LogP contribution in [0.15, 0.2) is 0 Å². The lowest BCUT2D eigenvalue weighted by Gasteiger charge is -2.01. The van der Waals surface area contributed by atoms with E-state index < -0.39 is 28.4 Å². The number of hydrogen-bond acceptors (Lipinski definition) is 1. The van der Waals surface area contributed by atoms with E-state index in [9.17, 15) is 17.6 Å². The summed E-state index contributed by atoms with van der Waals surface area (Å²) < 4.78 is 50.6. The maximum atomic E-state index is 13.5. The molecular weight excluding hydrogens is 306 g/mol. The predicted octanol–water partition coefficient (Wildman–Crippen LogP) is 4.68. The van der Waals surface area contributed by atoms with Crippen molar-refractivity contribution in [3.63, 3.8) is 0 Å². The highest BCUT2D eigenvalue weighted by Gasteiger charge is 2.36. The first-order valence-electron chi connectivity index (χ1n) is 4.02. The second-order valence-electron chi connectivity index (χ2n) is 3.06. The molecule has 2 nitrogen and oxygen atoms in total. The lowest BCUT2D eigenvalue weighted by atomic mass is 10.3. The van der Waals surface area contributed by atoms with Gasteiger partial charge in [-0.3, -0.25) is 0 Å². The summed E-state index contributed by atoms with van der Waals surface area (Å²) in [5.41, 5.74) is -0.942. The Morgan fingerprint density at radius 3 is 2.12 bits per heavy atom. The molecule has 0 aliphatic rings. The van der Waals surface area contributed by atoms with Crippen molar-refractivity contribution in [2.75, 3.05) is 0 Å². The molecule has 0 radical (unpaired) electrons. The lowest BCUT2D eigenvalue weighted by Crippen LogP contribution is -2.06. The smallest absolute Gasteiger partial charge is 0.333 e. The number of nitrogens with one attached hydrogen (secondary N) is 1. The summed E-state index contributed by atoms with van der Waals surface area (Å²) in [6.07, 6.45) is -4.74. The molecule has 1 N–H and O–H groups in total. The predicted molar refractivity (Wildman–Crippen MR) is 56.1 cm³/mol. The van der Waals surface area contributed by atoms with Crippen LogP contribution in [0.5, 0.6) is 0 Å². The standard InChI is InChI=1S/C8HCl3F4N2/c9-1-2(10)4(12)6-5(3(1)11)16-7(17-6)8(13,14)15/h(H,16,17). The number of rotatable bonds is 0. The van der Waals surface area contributed by atoms with Gasteiger partial charge in [0.1, 0.15) is 5.52 Å². The van der Waals surface area contributed by atoms with Crippen LogP contribution < -0.4 is 0 Å². The molecule has 2 rings (SSSR count). The van der Waals surface area contributed by atoms with Crippen LogP contribution in [0, 0.1) is 5.82 Å². The number of fused-ring (bicyclic) bond motifs is 1. The van der Waals surface area contributed by atoms with E-state index in [0.29, 0.717) is 0 Å². The topological polar surface area (TPSA) is 28.7 Å². The summed E-state index contributed by atoms with van der Waals surface area (Å²) in [5.74, 6) is -2.52. The van der Waals surface area contributed by atoms with Crippen molar-refractivity contribution in [2.24, 2.45) is 0 Å². The van der Waals surface area contributed by atoms with Gasteiger partial charge < -0.3 is 4.98 Å². The number of H-pyrrole nitrogens is 1. The minimum absolute atomic E-state index is 0.309. The Labute approximate surface area is 106 Å². The molecule has 0 spiro atoms. The van der Waals surface area contributed by atoms with Gasteiger partial charge in [-0.15, -0.1) is 0 Å². The van der Waals surface area contributed by atoms with Gasteiger partial charge in [0.2, 0.25) is 5.82 Å². The van der Waals surface area contributed by atoms with Crippen LogP contribution in [0.1, 0.15) is 5.82 Å². The van der Waals surface area contributed by atoms with Crippen molar-refractivity contribution in [1.82, 2.24) is 9.97 Å². The van der Waals surface area contributed by atoms with Crippen LogP contribution in [0.3, 0.4) is 0 Å². The highest BCUT2D eigenvalue weighted by molar-refractivity contribution is 6.50. The van der Waals surface area contributed by atoms with Crippen molar-refractivity contribution in [3.05, 3.63) is 26.7 Å². The summed E-state index contributed by atoms with van der Waals surface area (Å²) in [4.78, 5) is 4.92. The Hall–Kier alpha value is -0.720. The quantitative estimate of drug-likeness (QED) is 0.427. The summed E-state index contributed by atoms with van der Waals surface area (Å²) >= 11 is 16.7. The number of imidazole rings is 1. The molecular formula is C8HCl3F4N2. The Balaban J connectivity index is 2.86. The summed E-state index contributed by atoms with van der Waals surface area (Å²) in [7, 11) is 0. The van der Waals surface area contributed by atoms with E-state index in [4.69, 9.17) is 34.8 Å². The lowest BCUT2D eigenvalue weighted by molar-refractivity contribution is -0.144. The SMILES string of the molecule is Fc1c(Cl)c(Cl)c(Cl)c2[nH]c(C(F)(F)F)nc12. The average Bonchev–Trinajstić information content (AvgIpc) is 2.67. The van der Waals surface area contributed by atoms with Crippen LogP contribution in [0.2, 0.25) is 15.1 Å². The molecule has 0 unspecified atom stereocenters. The van der Waals surface area contributed by atoms with Gasteiger partial charge in [0.15, 0.2) is 5.82 Å². The van der Waals surface area contributed by atoms with E-state index in [1.54, 1.807) is 0 Å². The molecule has 1 aromatic carbocycles. The molecule has 0 bridgehead atoms. The minimum atomic E-state index is -4.74. The number of benzene rings is 1. The zero-order chi connectivity index (χ0) is 13.0. The fourth-order valence-corrected chi connectivity index (χ4v) is 1.87. The molecule has 0 fully saturated rings. The van der Waals surface area contributed by atoms with Gasteiger partial charge in [0, 0.05) is 0 Å². The van der Waals surface area contributed by atoms with E-state index in [2.05, 4.69) is 4.98 Å². The molecule has 0 saturated heterocycles. The normalized spacial score (nSPS) is 12.4. The minimum Gasteiger partial charge on any atom is -0.333 e. The van der Waals surface area contributed by atoms with Gasteiger partial charge >= 0.3 is 6.18 Å². The number of hydrogen-bond donors (Lipinski definition) is 1. The van der Waals surface area contributed by atoms with Crippen molar-refractivity contribution in [1.29, 1.82) is 0 Å². The third kappa shape index (κ3) is 1.94. The maximum absolute atomic E-state index is 13.5. The van der Waals surface area contributed by atoms with Crippen molar-refractivity contribution < 1.29 is 17.6 Å². The molecule has 0 aliphatic heterocycles. The van der Waals surface area contributed by atoms with Gasteiger partial charge in [-0.2, -0.15) is 13.2 Å². The van der Waals surface area contributed by atoms with Gasteiger partial charge in [0.05, 0.1) is 20.6 Å². The second-order valence-corrected chi connectivity index (χ2v) is 4.20. The van der Waals surface area contributed by atoms with Gasteiger partial charge in [-0.25, -0.2) is 9.37 Å². The highest BCUT2D eigenvalue weighted by Crippen LogP contribution is 2.40. The van der Waals surface area contributed by atoms with Crippen LogP contribution in [0.4, 0.5) is 17.6 Å². The Kier molecular flexibility index (Phi) is 2.92. The highest BCUT2D eigenvalue weighted by atomic mass is 35.5. The van der Waals surface area contributed by atoms with Crippen molar-refractivity contribution >= 4 is 45.8 Å². The third-order valence-electron chi connectivity index (χ3n) is 1.98. The van der Waals surface area contributed by atoms with E-state index in [-0.39, 0.29) is 15.6 Å². The van der Waals surface area contributed by atoms with Crippen molar-refractivity contribution in [3.8, 4) is 0 Å². The Bertz CT molecular complexity index is 560. The summed E-state index contributed by atoms with van der Waals surface area (Å²) in [6.45, 7) is 0. The molecule has 0 aliphatic carbocycles. The number of halogens is 7. The third-order valence-corrected chi connectivity index (χ3v) is 3.28. The molecule has 1 heterocycles. The van der Waals surface area contributed by atoms with Crippen LogP contribution in [-0.4, -0.2) is 9.97 Å². The largest absolute Gasteiger partial charge is 0.449 e. The molecule has 92 valence electrons. The molecule has 1 aromatic heterocycles. The first kappa shape index (κ1) is 12.7. The first-order chi connectivity index (χ1) is 7.73. The van der Waals surface area contributed by atoms with Crippen LogP contribution >= 0.6 is 34.8 Å². The van der Waals surface area contributed by atoms with Gasteiger partial charge in [-0.05, 0) is 0 Å². The number of aromatic nitrogens is 2. The van der Waals surface area contributed by atoms with Crippen molar-refractivity contribution in [2.45, 2.75) is 6.18 Å². The zero-order valence-electron chi connectivity index (χ0n) is 7.59. The number of aromatic amines is 1.